The van der Waals surface area contributed by atoms with Crippen LogP contribution in [0.4, 0.5) is 5.69 Å². The summed E-state index contributed by atoms with van der Waals surface area (Å²) in [6.45, 7) is 1.26. The van der Waals surface area contributed by atoms with Crippen LogP contribution in [-0.2, 0) is 4.79 Å². The quantitative estimate of drug-likeness (QED) is 0.153. The van der Waals surface area contributed by atoms with Crippen LogP contribution < -0.4 is 14.9 Å². The number of hydrogen-bond acceptors (Lipinski definition) is 7. The number of hydrazone groups is 1. The van der Waals surface area contributed by atoms with Crippen molar-refractivity contribution in [2.45, 2.75) is 6.92 Å². The molecule has 0 aliphatic rings. The Balaban J connectivity index is 1.51. The van der Waals surface area contributed by atoms with E-state index in [9.17, 15) is 19.7 Å². The number of aryl methyl sites for hydroxylation is 1. The molecule has 11 heteroatoms. The molecule has 0 unspecified atom stereocenters. The number of nitro groups is 1. The lowest BCUT2D eigenvalue weighted by molar-refractivity contribution is -0.385. The standard InChI is InChI=1S/C23H17Cl2N3O6/c1-14-2-9-21(20(10-14)28(31)32)33-13-22(29)27-26-12-15-3-6-17(7-4-15)34-23(30)18-8-5-16(24)11-19(18)25/h2-12H,13H2,1H3,(H,27,29). The van der Waals surface area contributed by atoms with Crippen LogP contribution in [0.25, 0.3) is 0 Å². The molecule has 0 saturated heterocycles. The van der Waals surface area contributed by atoms with Crippen molar-refractivity contribution in [3.05, 3.63) is 97.5 Å². The van der Waals surface area contributed by atoms with Crippen molar-refractivity contribution in [2.75, 3.05) is 6.61 Å². The van der Waals surface area contributed by atoms with Crippen molar-refractivity contribution in [3.63, 3.8) is 0 Å². The minimum atomic E-state index is -0.635. The van der Waals surface area contributed by atoms with E-state index < -0.39 is 23.4 Å². The fourth-order valence-corrected chi connectivity index (χ4v) is 3.17. The summed E-state index contributed by atoms with van der Waals surface area (Å²) >= 11 is 11.8. The van der Waals surface area contributed by atoms with Gasteiger partial charge in [0.15, 0.2) is 12.4 Å². The summed E-state index contributed by atoms with van der Waals surface area (Å²) in [5, 5.41) is 15.5. The summed E-state index contributed by atoms with van der Waals surface area (Å²) in [5.74, 6) is -0.967. The van der Waals surface area contributed by atoms with Crippen LogP contribution in [0.5, 0.6) is 11.5 Å². The lowest BCUT2D eigenvalue weighted by atomic mass is 10.2. The van der Waals surface area contributed by atoms with Crippen molar-refractivity contribution in [3.8, 4) is 11.5 Å². The summed E-state index contributed by atoms with van der Waals surface area (Å²) in [5.41, 5.74) is 3.53. The third-order valence-electron chi connectivity index (χ3n) is 4.31. The number of halogens is 2. The molecule has 3 aromatic rings. The van der Waals surface area contributed by atoms with Gasteiger partial charge < -0.3 is 9.47 Å². The third kappa shape index (κ3) is 6.77. The molecule has 0 fully saturated rings. The molecule has 0 radical (unpaired) electrons. The molecular formula is C23H17Cl2N3O6. The lowest BCUT2D eigenvalue weighted by Gasteiger charge is -2.07. The first-order chi connectivity index (χ1) is 16.2. The van der Waals surface area contributed by atoms with Crippen LogP contribution >= 0.6 is 23.2 Å². The van der Waals surface area contributed by atoms with E-state index in [4.69, 9.17) is 32.7 Å². The van der Waals surface area contributed by atoms with Crippen molar-refractivity contribution >= 4 is 47.0 Å². The lowest BCUT2D eigenvalue weighted by Crippen LogP contribution is -2.24. The summed E-state index contributed by atoms with van der Waals surface area (Å²) < 4.78 is 10.5. The predicted molar refractivity (Wildman–Crippen MR) is 127 cm³/mol. The molecule has 174 valence electrons. The average Bonchev–Trinajstić information content (AvgIpc) is 2.79. The highest BCUT2D eigenvalue weighted by molar-refractivity contribution is 6.36. The Morgan fingerprint density at radius 2 is 1.82 bits per heavy atom. The zero-order valence-corrected chi connectivity index (χ0v) is 19.2. The number of ether oxygens (including phenoxy) is 2. The van der Waals surface area contributed by atoms with E-state index in [0.717, 1.165) is 0 Å². The van der Waals surface area contributed by atoms with Gasteiger partial charge in [0.05, 0.1) is 21.7 Å². The molecule has 0 saturated carbocycles. The number of carbonyl (C=O) groups is 2. The van der Waals surface area contributed by atoms with E-state index >= 15 is 0 Å². The van der Waals surface area contributed by atoms with E-state index in [0.29, 0.717) is 16.1 Å². The van der Waals surface area contributed by atoms with Gasteiger partial charge in [0.2, 0.25) is 0 Å². The Kier molecular flexibility index (Phi) is 8.18. The maximum atomic E-state index is 12.2. The summed E-state index contributed by atoms with van der Waals surface area (Å²) in [4.78, 5) is 34.7. The van der Waals surface area contributed by atoms with Gasteiger partial charge >= 0.3 is 11.7 Å². The number of esters is 1. The first kappa shape index (κ1) is 24.7. The number of amides is 1. The van der Waals surface area contributed by atoms with Gasteiger partial charge in [-0.3, -0.25) is 14.9 Å². The second kappa shape index (κ2) is 11.3. The van der Waals surface area contributed by atoms with Crippen LogP contribution in [0.2, 0.25) is 10.0 Å². The van der Waals surface area contributed by atoms with Gasteiger partial charge in [-0.25, -0.2) is 10.2 Å². The van der Waals surface area contributed by atoms with Crippen LogP contribution in [0.3, 0.4) is 0 Å². The molecule has 0 bridgehead atoms. The minimum absolute atomic E-state index is 0.0141. The monoisotopic (exact) mass is 501 g/mol. The Labute approximate surface area is 204 Å². The number of nitrogens with zero attached hydrogens (tertiary/aromatic N) is 2. The number of nitro benzene ring substituents is 1. The number of rotatable bonds is 8. The van der Waals surface area contributed by atoms with E-state index in [1.165, 1.54) is 36.5 Å². The van der Waals surface area contributed by atoms with Gasteiger partial charge in [0, 0.05) is 11.1 Å². The Bertz CT molecular complexity index is 1260. The molecule has 9 nitrogen and oxygen atoms in total. The van der Waals surface area contributed by atoms with Crippen LogP contribution in [-0.4, -0.2) is 29.6 Å². The normalized spacial score (nSPS) is 10.7. The summed E-state index contributed by atoms with van der Waals surface area (Å²) in [6.07, 6.45) is 1.37. The van der Waals surface area contributed by atoms with Gasteiger partial charge in [-0.2, -0.15) is 5.10 Å². The molecule has 1 amide bonds. The molecule has 3 aromatic carbocycles. The Morgan fingerprint density at radius 3 is 2.50 bits per heavy atom. The van der Waals surface area contributed by atoms with E-state index in [2.05, 4.69) is 10.5 Å². The van der Waals surface area contributed by atoms with E-state index in [1.54, 1.807) is 37.3 Å². The first-order valence-electron chi connectivity index (χ1n) is 9.70. The molecule has 0 aliphatic carbocycles. The van der Waals surface area contributed by atoms with Gasteiger partial charge in [-0.05, 0) is 66.6 Å². The summed E-state index contributed by atoms with van der Waals surface area (Å²) in [7, 11) is 0. The van der Waals surface area contributed by atoms with Crippen molar-refractivity contribution < 1.29 is 24.0 Å². The second-order valence-electron chi connectivity index (χ2n) is 6.89. The fraction of sp³-hybridized carbons (Fsp3) is 0.0870. The van der Waals surface area contributed by atoms with Crippen LogP contribution in [0, 0.1) is 17.0 Å². The average molecular weight is 502 g/mol. The first-order valence-corrected chi connectivity index (χ1v) is 10.5. The molecule has 0 aromatic heterocycles. The highest BCUT2D eigenvalue weighted by atomic mass is 35.5. The second-order valence-corrected chi connectivity index (χ2v) is 7.74. The maximum Gasteiger partial charge on any atom is 0.345 e. The number of benzene rings is 3. The Hall–Kier alpha value is -3.95. The fourth-order valence-electron chi connectivity index (χ4n) is 2.69. The van der Waals surface area contributed by atoms with Crippen LogP contribution in [0.15, 0.2) is 65.8 Å². The number of hydrogen-bond donors (Lipinski definition) is 1. The predicted octanol–water partition coefficient (Wildman–Crippen LogP) is 4.96. The zero-order chi connectivity index (χ0) is 24.7. The topological polar surface area (TPSA) is 120 Å². The Morgan fingerprint density at radius 1 is 1.09 bits per heavy atom. The van der Waals surface area contributed by atoms with Gasteiger partial charge in [0.25, 0.3) is 5.91 Å². The SMILES string of the molecule is Cc1ccc(OCC(=O)NN=Cc2ccc(OC(=O)c3ccc(Cl)cc3Cl)cc2)c([N+](=O)[O-])c1. The highest BCUT2D eigenvalue weighted by Crippen LogP contribution is 2.27. The molecule has 0 heterocycles. The zero-order valence-electron chi connectivity index (χ0n) is 17.7. The molecule has 0 spiro atoms. The maximum absolute atomic E-state index is 12.2. The van der Waals surface area contributed by atoms with Crippen molar-refractivity contribution in [2.24, 2.45) is 5.10 Å². The molecule has 1 N–H and O–H groups in total. The number of nitrogens with one attached hydrogen (secondary N) is 1. The molecule has 0 aliphatic heterocycles. The van der Waals surface area contributed by atoms with Gasteiger partial charge in [-0.1, -0.05) is 29.3 Å². The molecule has 0 atom stereocenters. The van der Waals surface area contributed by atoms with Gasteiger partial charge in [0.1, 0.15) is 5.75 Å². The minimum Gasteiger partial charge on any atom is -0.477 e. The van der Waals surface area contributed by atoms with E-state index in [1.807, 2.05) is 0 Å². The number of carbonyl (C=O) groups excluding carboxylic acids is 2. The van der Waals surface area contributed by atoms with Gasteiger partial charge in [-0.15, -0.1) is 0 Å². The largest absolute Gasteiger partial charge is 0.477 e. The molecule has 34 heavy (non-hydrogen) atoms. The van der Waals surface area contributed by atoms with E-state index in [-0.39, 0.29) is 27.8 Å². The molecule has 3 rings (SSSR count). The highest BCUT2D eigenvalue weighted by Gasteiger charge is 2.16. The smallest absolute Gasteiger partial charge is 0.345 e. The van der Waals surface area contributed by atoms with Crippen molar-refractivity contribution in [1.29, 1.82) is 0 Å². The van der Waals surface area contributed by atoms with Crippen LogP contribution in [0.1, 0.15) is 21.5 Å². The summed E-state index contributed by atoms with van der Waals surface area (Å²) in [6, 6.07) is 15.2. The molecular weight excluding hydrogens is 485 g/mol. The van der Waals surface area contributed by atoms with Crippen molar-refractivity contribution in [1.82, 2.24) is 5.43 Å². The third-order valence-corrected chi connectivity index (χ3v) is 4.86.